The van der Waals surface area contributed by atoms with E-state index in [1.807, 2.05) is 18.2 Å². The van der Waals surface area contributed by atoms with Crippen molar-refractivity contribution in [1.82, 2.24) is 15.1 Å². The van der Waals surface area contributed by atoms with Gasteiger partial charge in [0.05, 0.1) is 13.7 Å². The molecule has 2 aromatic rings. The van der Waals surface area contributed by atoms with E-state index in [2.05, 4.69) is 27.1 Å². The Morgan fingerprint density at radius 3 is 2.41 bits per heavy atom. The number of methoxy groups -OCH3 is 1. The second-order valence-corrected chi connectivity index (χ2v) is 10.1. The number of nitrogens with two attached hydrogens (primary N) is 1. The third kappa shape index (κ3) is 7.14. The highest BCUT2D eigenvalue weighted by Crippen LogP contribution is 2.33. The minimum Gasteiger partial charge on any atom is -0.489 e. The van der Waals surface area contributed by atoms with E-state index in [0.29, 0.717) is 23.5 Å². The SMILES string of the molecule is COC(=O)CCC(C(N)=O)N1Cc2c(OCc3ccc(CN4CCC(NC(C)=O)CC4)cc3)cccc2C1=O. The monoisotopic (exact) mass is 536 g/mol. The second kappa shape index (κ2) is 12.8. The lowest BCUT2D eigenvalue weighted by atomic mass is 10.0. The third-order valence-corrected chi connectivity index (χ3v) is 7.33. The molecule has 0 aromatic heterocycles. The molecule has 1 saturated heterocycles. The van der Waals surface area contributed by atoms with E-state index >= 15 is 0 Å². The lowest BCUT2D eigenvalue weighted by Gasteiger charge is -2.32. The lowest BCUT2D eigenvalue weighted by molar-refractivity contribution is -0.141. The molecular formula is C29H36N4O6. The summed E-state index contributed by atoms with van der Waals surface area (Å²) in [5, 5.41) is 3.01. The summed E-state index contributed by atoms with van der Waals surface area (Å²) in [6, 6.07) is 12.9. The molecule has 1 unspecified atom stereocenters. The average molecular weight is 537 g/mol. The van der Waals surface area contributed by atoms with E-state index in [1.54, 1.807) is 19.1 Å². The van der Waals surface area contributed by atoms with Crippen molar-refractivity contribution in [3.05, 3.63) is 64.7 Å². The predicted molar refractivity (Wildman–Crippen MR) is 143 cm³/mol. The van der Waals surface area contributed by atoms with Crippen molar-refractivity contribution in [2.24, 2.45) is 5.73 Å². The Balaban J connectivity index is 1.33. The van der Waals surface area contributed by atoms with Crippen LogP contribution in [0.25, 0.3) is 0 Å². The first-order valence-electron chi connectivity index (χ1n) is 13.2. The molecule has 0 saturated carbocycles. The molecule has 0 bridgehead atoms. The van der Waals surface area contributed by atoms with Crippen molar-refractivity contribution >= 4 is 23.7 Å². The summed E-state index contributed by atoms with van der Waals surface area (Å²) in [4.78, 5) is 51.8. The zero-order chi connectivity index (χ0) is 27.9. The molecule has 0 radical (unpaired) electrons. The first-order chi connectivity index (χ1) is 18.7. The number of piperidine rings is 1. The van der Waals surface area contributed by atoms with Gasteiger partial charge in [0.2, 0.25) is 11.8 Å². The molecule has 10 heteroatoms. The molecule has 0 aliphatic carbocycles. The van der Waals surface area contributed by atoms with Crippen LogP contribution in [0.2, 0.25) is 0 Å². The summed E-state index contributed by atoms with van der Waals surface area (Å²) in [5.41, 5.74) is 8.95. The molecule has 208 valence electrons. The number of esters is 1. The Labute approximate surface area is 228 Å². The fourth-order valence-corrected chi connectivity index (χ4v) is 5.20. The first-order valence-corrected chi connectivity index (χ1v) is 13.2. The molecule has 0 spiro atoms. The lowest BCUT2D eigenvalue weighted by Crippen LogP contribution is -2.45. The van der Waals surface area contributed by atoms with E-state index in [4.69, 9.17) is 10.5 Å². The van der Waals surface area contributed by atoms with Crippen molar-refractivity contribution in [1.29, 1.82) is 0 Å². The number of primary amides is 1. The second-order valence-electron chi connectivity index (χ2n) is 10.1. The highest BCUT2D eigenvalue weighted by Gasteiger charge is 2.37. The maximum Gasteiger partial charge on any atom is 0.305 e. The van der Waals surface area contributed by atoms with Crippen LogP contribution in [0.4, 0.5) is 0 Å². The van der Waals surface area contributed by atoms with Gasteiger partial charge in [-0.25, -0.2) is 0 Å². The topological polar surface area (TPSA) is 131 Å². The van der Waals surface area contributed by atoms with Gasteiger partial charge in [-0.15, -0.1) is 0 Å². The number of carbonyl (C=O) groups excluding carboxylic acids is 4. The number of hydrogen-bond donors (Lipinski definition) is 2. The zero-order valence-corrected chi connectivity index (χ0v) is 22.5. The Morgan fingerprint density at radius 1 is 1.08 bits per heavy atom. The Bertz CT molecular complexity index is 1210. The van der Waals surface area contributed by atoms with E-state index in [1.165, 1.54) is 17.6 Å². The summed E-state index contributed by atoms with van der Waals surface area (Å²) < 4.78 is 10.8. The van der Waals surface area contributed by atoms with Gasteiger partial charge in [0.25, 0.3) is 5.91 Å². The van der Waals surface area contributed by atoms with Gasteiger partial charge in [-0.3, -0.25) is 24.1 Å². The van der Waals surface area contributed by atoms with Crippen LogP contribution >= 0.6 is 0 Å². The Kier molecular flexibility index (Phi) is 9.19. The number of benzene rings is 2. The van der Waals surface area contributed by atoms with Gasteiger partial charge in [0, 0.05) is 50.1 Å². The molecule has 3 N–H and O–H groups in total. The Morgan fingerprint density at radius 2 is 1.77 bits per heavy atom. The van der Waals surface area contributed by atoms with Crippen LogP contribution in [-0.2, 0) is 38.8 Å². The molecule has 3 amide bonds. The van der Waals surface area contributed by atoms with Crippen LogP contribution in [0.5, 0.6) is 5.75 Å². The molecule has 2 aromatic carbocycles. The van der Waals surface area contributed by atoms with Crippen molar-refractivity contribution in [2.75, 3.05) is 20.2 Å². The summed E-state index contributed by atoms with van der Waals surface area (Å²) in [6.45, 7) is 4.82. The molecule has 39 heavy (non-hydrogen) atoms. The number of ether oxygens (including phenoxy) is 2. The standard InChI is InChI=1S/C29H36N4O6/c1-19(34)31-22-12-14-32(15-13-22)16-20-6-8-21(9-7-20)18-39-26-5-3-4-23-24(26)17-33(29(23)37)25(28(30)36)10-11-27(35)38-2/h3-9,22,25H,10-18H2,1-2H3,(H2,30,36)(H,31,34). The smallest absolute Gasteiger partial charge is 0.305 e. The quantitative estimate of drug-likeness (QED) is 0.421. The third-order valence-electron chi connectivity index (χ3n) is 7.33. The number of likely N-dealkylation sites (tertiary alicyclic amines) is 1. The number of carbonyl (C=O) groups is 4. The van der Waals surface area contributed by atoms with Gasteiger partial charge >= 0.3 is 5.97 Å². The summed E-state index contributed by atoms with van der Waals surface area (Å²) in [5.74, 6) is -0.840. The zero-order valence-electron chi connectivity index (χ0n) is 22.5. The number of rotatable bonds is 11. The highest BCUT2D eigenvalue weighted by atomic mass is 16.5. The van der Waals surface area contributed by atoms with Gasteiger partial charge in [-0.2, -0.15) is 0 Å². The van der Waals surface area contributed by atoms with Crippen LogP contribution in [-0.4, -0.2) is 65.8 Å². The number of hydrogen-bond acceptors (Lipinski definition) is 7. The van der Waals surface area contributed by atoms with Gasteiger partial charge < -0.3 is 25.4 Å². The van der Waals surface area contributed by atoms with Gasteiger partial charge in [-0.1, -0.05) is 30.3 Å². The fourth-order valence-electron chi connectivity index (χ4n) is 5.20. The van der Waals surface area contributed by atoms with Gasteiger partial charge in [0.15, 0.2) is 0 Å². The normalized spacial score (nSPS) is 16.5. The van der Waals surface area contributed by atoms with Crippen molar-refractivity contribution < 1.29 is 28.7 Å². The molecule has 2 aliphatic rings. The predicted octanol–water partition coefficient (Wildman–Crippen LogP) is 2.13. The van der Waals surface area contributed by atoms with Crippen molar-refractivity contribution in [3.8, 4) is 5.75 Å². The van der Waals surface area contributed by atoms with Crippen LogP contribution in [0, 0.1) is 0 Å². The van der Waals surface area contributed by atoms with Crippen LogP contribution in [0.15, 0.2) is 42.5 Å². The molecular weight excluding hydrogens is 500 g/mol. The number of nitrogens with zero attached hydrogens (tertiary/aromatic N) is 2. The number of fused-ring (bicyclic) bond motifs is 1. The van der Waals surface area contributed by atoms with Crippen molar-refractivity contribution in [2.45, 2.75) is 64.4 Å². The van der Waals surface area contributed by atoms with E-state index in [9.17, 15) is 19.2 Å². The maximum absolute atomic E-state index is 13.1. The average Bonchev–Trinajstić information content (AvgIpc) is 3.25. The summed E-state index contributed by atoms with van der Waals surface area (Å²) in [6.07, 6.45) is 1.99. The number of nitrogens with one attached hydrogen (secondary N) is 1. The van der Waals surface area contributed by atoms with Crippen molar-refractivity contribution in [3.63, 3.8) is 0 Å². The Hall–Kier alpha value is -3.92. The fraction of sp³-hybridized carbons (Fsp3) is 0.448. The number of amides is 3. The van der Waals surface area contributed by atoms with Gasteiger partial charge in [0.1, 0.15) is 18.4 Å². The summed E-state index contributed by atoms with van der Waals surface area (Å²) in [7, 11) is 1.27. The highest BCUT2D eigenvalue weighted by molar-refractivity contribution is 6.01. The molecule has 2 aliphatic heterocycles. The molecule has 2 heterocycles. The minimum absolute atomic E-state index is 0.0149. The van der Waals surface area contributed by atoms with E-state index in [-0.39, 0.29) is 37.2 Å². The minimum atomic E-state index is -0.916. The maximum atomic E-state index is 13.1. The van der Waals surface area contributed by atoms with E-state index in [0.717, 1.165) is 38.0 Å². The molecule has 4 rings (SSSR count). The molecule has 1 fully saturated rings. The summed E-state index contributed by atoms with van der Waals surface area (Å²) >= 11 is 0. The van der Waals surface area contributed by atoms with Crippen LogP contribution < -0.4 is 15.8 Å². The molecule has 10 nitrogen and oxygen atoms in total. The van der Waals surface area contributed by atoms with E-state index < -0.39 is 17.9 Å². The van der Waals surface area contributed by atoms with Crippen LogP contribution in [0.1, 0.15) is 59.7 Å². The first kappa shape index (κ1) is 28.1. The van der Waals surface area contributed by atoms with Crippen LogP contribution in [0.3, 0.4) is 0 Å². The molecule has 1 atom stereocenters. The van der Waals surface area contributed by atoms with Gasteiger partial charge in [-0.05, 0) is 42.5 Å². The largest absolute Gasteiger partial charge is 0.489 e.